The number of fused-ring (bicyclic) bond motifs is 5. The van der Waals surface area contributed by atoms with E-state index in [1.807, 2.05) is 0 Å². The van der Waals surface area contributed by atoms with Crippen LogP contribution in [0.15, 0.2) is 241 Å². The third-order valence-electron chi connectivity index (χ3n) is 12.1. The summed E-state index contributed by atoms with van der Waals surface area (Å²) < 4.78 is 6.36. The molecular weight excluding hydrogens is 725 g/mol. The molecule has 0 N–H and O–H groups in total. The molecule has 0 saturated heterocycles. The molecule has 0 spiro atoms. The molecule has 0 saturated carbocycles. The molecule has 11 rings (SSSR count). The van der Waals surface area contributed by atoms with E-state index in [2.05, 4.69) is 237 Å². The van der Waals surface area contributed by atoms with E-state index in [0.29, 0.717) is 0 Å². The van der Waals surface area contributed by atoms with Crippen LogP contribution in [0, 0.1) is 0 Å². The maximum Gasteiger partial charge on any atom is 0.136 e. The van der Waals surface area contributed by atoms with Gasteiger partial charge in [-0.2, -0.15) is 0 Å². The molecule has 11 aromatic rings. The van der Waals surface area contributed by atoms with Gasteiger partial charge < -0.3 is 4.42 Å². The lowest BCUT2D eigenvalue weighted by Crippen LogP contribution is -2.04. The molecule has 1 heteroatoms. The van der Waals surface area contributed by atoms with E-state index in [-0.39, 0.29) is 5.92 Å². The Morgan fingerprint density at radius 2 is 0.667 bits per heavy atom. The van der Waals surface area contributed by atoms with E-state index < -0.39 is 0 Å². The second-order valence-corrected chi connectivity index (χ2v) is 15.7. The van der Waals surface area contributed by atoms with Gasteiger partial charge in [0.25, 0.3) is 0 Å². The minimum atomic E-state index is 0.0244. The molecule has 0 atom stereocenters. The summed E-state index contributed by atoms with van der Waals surface area (Å²) >= 11 is 0. The summed E-state index contributed by atoms with van der Waals surface area (Å²) in [4.78, 5) is 0. The van der Waals surface area contributed by atoms with Crippen LogP contribution in [0.5, 0.6) is 0 Å². The zero-order valence-corrected chi connectivity index (χ0v) is 33.0. The zero-order valence-electron chi connectivity index (χ0n) is 33.0. The molecule has 282 valence electrons. The molecule has 0 aliphatic carbocycles. The highest BCUT2D eigenvalue weighted by atomic mass is 16.3. The van der Waals surface area contributed by atoms with Crippen LogP contribution in [-0.2, 0) is 0 Å². The highest BCUT2D eigenvalue weighted by Gasteiger charge is 2.19. The summed E-state index contributed by atoms with van der Waals surface area (Å²) in [6.45, 7) is 0. The van der Waals surface area contributed by atoms with Gasteiger partial charge in [0.2, 0.25) is 0 Å². The van der Waals surface area contributed by atoms with Crippen molar-refractivity contribution in [3.8, 4) is 55.6 Å². The minimum absolute atomic E-state index is 0.0244. The van der Waals surface area contributed by atoms with E-state index in [9.17, 15) is 0 Å². The standard InChI is InChI=1S/C59H40O/c1-3-10-40(11-4-1)42-18-22-44(23-19-42)46-26-30-49(31-27-46)58(50-32-28-47(29-33-50)45-24-20-43(21-25-45)41-12-5-2-6-13-41)53-16-9-15-51(38-53)52-35-36-56-55(39-52)59-54-17-8-7-14-48(54)34-37-57(59)60-56/h1-39,58H. The van der Waals surface area contributed by atoms with Crippen LogP contribution in [-0.4, -0.2) is 0 Å². The Labute approximate surface area is 350 Å². The first kappa shape index (κ1) is 35.4. The summed E-state index contributed by atoms with van der Waals surface area (Å²) in [6, 6.07) is 85.7. The van der Waals surface area contributed by atoms with Gasteiger partial charge in [-0.05, 0) is 101 Å². The van der Waals surface area contributed by atoms with Crippen molar-refractivity contribution >= 4 is 32.7 Å². The summed E-state index contributed by atoms with van der Waals surface area (Å²) in [5.41, 5.74) is 17.6. The molecular formula is C59H40O. The van der Waals surface area contributed by atoms with E-state index in [4.69, 9.17) is 4.42 Å². The quantitative estimate of drug-likeness (QED) is 0.140. The summed E-state index contributed by atoms with van der Waals surface area (Å²) in [6.07, 6.45) is 0. The Bertz CT molecular complexity index is 3120. The summed E-state index contributed by atoms with van der Waals surface area (Å²) in [7, 11) is 0. The molecule has 0 aliphatic heterocycles. The number of rotatable bonds is 8. The third-order valence-corrected chi connectivity index (χ3v) is 12.1. The van der Waals surface area contributed by atoms with Gasteiger partial charge in [0.1, 0.15) is 11.2 Å². The van der Waals surface area contributed by atoms with Crippen molar-refractivity contribution < 1.29 is 4.42 Å². The average molecular weight is 765 g/mol. The fraction of sp³-hybridized carbons (Fsp3) is 0.0169. The molecule has 0 unspecified atom stereocenters. The number of benzene rings is 10. The van der Waals surface area contributed by atoms with E-state index in [1.54, 1.807) is 0 Å². The molecule has 1 heterocycles. The lowest BCUT2D eigenvalue weighted by atomic mass is 9.83. The summed E-state index contributed by atoms with van der Waals surface area (Å²) in [5, 5.41) is 4.74. The largest absolute Gasteiger partial charge is 0.456 e. The first-order valence-corrected chi connectivity index (χ1v) is 20.7. The van der Waals surface area contributed by atoms with Crippen LogP contribution in [0.4, 0.5) is 0 Å². The normalized spacial score (nSPS) is 11.5. The van der Waals surface area contributed by atoms with Crippen molar-refractivity contribution in [3.63, 3.8) is 0 Å². The topological polar surface area (TPSA) is 13.1 Å². The van der Waals surface area contributed by atoms with Crippen molar-refractivity contribution in [1.29, 1.82) is 0 Å². The van der Waals surface area contributed by atoms with Gasteiger partial charge in [0, 0.05) is 16.7 Å². The molecule has 10 aromatic carbocycles. The average Bonchev–Trinajstić information content (AvgIpc) is 3.72. The van der Waals surface area contributed by atoms with Gasteiger partial charge in [0.05, 0.1) is 0 Å². The van der Waals surface area contributed by atoms with E-state index >= 15 is 0 Å². The number of furan rings is 1. The Balaban J connectivity index is 0.966. The Hall–Kier alpha value is -7.74. The van der Waals surface area contributed by atoms with Crippen LogP contribution < -0.4 is 0 Å². The second-order valence-electron chi connectivity index (χ2n) is 15.7. The van der Waals surface area contributed by atoms with Crippen molar-refractivity contribution in [1.82, 2.24) is 0 Å². The first-order valence-electron chi connectivity index (χ1n) is 20.7. The predicted octanol–water partition coefficient (Wildman–Crippen LogP) is 16.3. The maximum atomic E-state index is 6.36. The van der Waals surface area contributed by atoms with Crippen molar-refractivity contribution in [2.45, 2.75) is 5.92 Å². The molecule has 60 heavy (non-hydrogen) atoms. The predicted molar refractivity (Wildman–Crippen MR) is 252 cm³/mol. The fourth-order valence-electron chi connectivity index (χ4n) is 8.91. The van der Waals surface area contributed by atoms with Crippen molar-refractivity contribution in [3.05, 3.63) is 253 Å². The monoisotopic (exact) mass is 764 g/mol. The zero-order chi connectivity index (χ0) is 39.8. The number of hydrogen-bond donors (Lipinski definition) is 0. The van der Waals surface area contributed by atoms with E-state index in [0.717, 1.165) is 16.6 Å². The van der Waals surface area contributed by atoms with Gasteiger partial charge in [-0.1, -0.05) is 218 Å². The highest BCUT2D eigenvalue weighted by Crippen LogP contribution is 2.40. The smallest absolute Gasteiger partial charge is 0.136 e. The lowest BCUT2D eigenvalue weighted by molar-refractivity contribution is 0.669. The molecule has 1 nitrogen and oxygen atoms in total. The van der Waals surface area contributed by atoms with Crippen LogP contribution in [0.1, 0.15) is 22.6 Å². The van der Waals surface area contributed by atoms with Crippen molar-refractivity contribution in [2.24, 2.45) is 0 Å². The van der Waals surface area contributed by atoms with Gasteiger partial charge in [0.15, 0.2) is 0 Å². The van der Waals surface area contributed by atoms with E-state index in [1.165, 1.54) is 88.5 Å². The SMILES string of the molecule is c1ccc(-c2ccc(-c3ccc(C(c4ccc(-c5ccc(-c6ccccc6)cc5)cc4)c4cccc(-c5ccc6oc7ccc8ccccc8c7c6c5)c4)cc3)cc2)cc1. The minimum Gasteiger partial charge on any atom is -0.456 e. The molecule has 0 aliphatic rings. The van der Waals surface area contributed by atoms with Gasteiger partial charge in [-0.3, -0.25) is 0 Å². The molecule has 1 aromatic heterocycles. The fourth-order valence-corrected chi connectivity index (χ4v) is 8.91. The number of hydrogen-bond acceptors (Lipinski definition) is 1. The summed E-state index contributed by atoms with van der Waals surface area (Å²) in [5.74, 6) is 0.0244. The van der Waals surface area contributed by atoms with Crippen LogP contribution in [0.25, 0.3) is 88.3 Å². The molecule has 0 radical (unpaired) electrons. The Kier molecular flexibility index (Phi) is 8.98. The van der Waals surface area contributed by atoms with Gasteiger partial charge >= 0.3 is 0 Å². The maximum absolute atomic E-state index is 6.36. The Morgan fingerprint density at radius 3 is 1.22 bits per heavy atom. The lowest BCUT2D eigenvalue weighted by Gasteiger charge is -2.21. The third kappa shape index (κ3) is 6.67. The molecule has 0 fully saturated rings. The molecule has 0 bridgehead atoms. The highest BCUT2D eigenvalue weighted by molar-refractivity contribution is 6.19. The van der Waals surface area contributed by atoms with Crippen LogP contribution in [0.2, 0.25) is 0 Å². The van der Waals surface area contributed by atoms with Crippen molar-refractivity contribution in [2.75, 3.05) is 0 Å². The Morgan fingerprint density at radius 1 is 0.250 bits per heavy atom. The van der Waals surface area contributed by atoms with Crippen LogP contribution in [0.3, 0.4) is 0 Å². The van der Waals surface area contributed by atoms with Gasteiger partial charge in [-0.25, -0.2) is 0 Å². The first-order chi connectivity index (χ1) is 29.7. The van der Waals surface area contributed by atoms with Gasteiger partial charge in [-0.15, -0.1) is 0 Å². The second kappa shape index (κ2) is 15.2. The molecule has 0 amide bonds. The van der Waals surface area contributed by atoms with Crippen LogP contribution >= 0.6 is 0 Å².